The molecule has 4 aromatic rings. The van der Waals surface area contributed by atoms with Crippen LogP contribution in [0.2, 0.25) is 0 Å². The van der Waals surface area contributed by atoms with Crippen LogP contribution in [-0.4, -0.2) is 50.9 Å². The van der Waals surface area contributed by atoms with Crippen molar-refractivity contribution < 1.29 is 9.47 Å². The molecule has 1 spiro atoms. The zero-order valence-electron chi connectivity index (χ0n) is 15.5. The van der Waals surface area contributed by atoms with Crippen LogP contribution in [0.1, 0.15) is 12.8 Å². The van der Waals surface area contributed by atoms with Gasteiger partial charge in [0.15, 0.2) is 0 Å². The number of aromatic amines is 1. The van der Waals surface area contributed by atoms with Crippen molar-refractivity contribution in [3.05, 3.63) is 36.8 Å². The number of hydrogen-bond acceptors (Lipinski definition) is 6. The summed E-state index contributed by atoms with van der Waals surface area (Å²) in [4.78, 5) is 12.6. The van der Waals surface area contributed by atoms with Crippen LogP contribution in [-0.2, 0) is 4.74 Å². The van der Waals surface area contributed by atoms with Crippen LogP contribution >= 0.6 is 0 Å². The topological polar surface area (TPSA) is 89.4 Å². The van der Waals surface area contributed by atoms with Gasteiger partial charge in [-0.1, -0.05) is 0 Å². The fraction of sp³-hybridized carbons (Fsp3) is 0.350. The number of pyridine rings is 1. The van der Waals surface area contributed by atoms with E-state index in [1.807, 2.05) is 29.0 Å². The second kappa shape index (κ2) is 5.68. The molecule has 8 heteroatoms. The molecule has 1 saturated heterocycles. The molecule has 5 heterocycles. The van der Waals surface area contributed by atoms with Gasteiger partial charge in [0.25, 0.3) is 0 Å². The number of hydrogen-bond donors (Lipinski definition) is 2. The molecule has 0 bridgehead atoms. The Morgan fingerprint density at radius 3 is 2.96 bits per heavy atom. The summed E-state index contributed by atoms with van der Waals surface area (Å²) >= 11 is 0. The molecular formula is C20H20N6O2. The molecule has 2 N–H and O–H groups in total. The van der Waals surface area contributed by atoms with E-state index in [9.17, 15) is 0 Å². The van der Waals surface area contributed by atoms with Crippen molar-refractivity contribution in [3.8, 4) is 17.0 Å². The van der Waals surface area contributed by atoms with E-state index in [-0.39, 0.29) is 0 Å². The molecule has 0 aromatic carbocycles. The average molecular weight is 376 g/mol. The van der Waals surface area contributed by atoms with Crippen LogP contribution in [0.5, 0.6) is 5.88 Å². The largest absolute Gasteiger partial charge is 0.480 e. The van der Waals surface area contributed by atoms with Crippen LogP contribution in [0.25, 0.3) is 27.7 Å². The summed E-state index contributed by atoms with van der Waals surface area (Å²) in [6, 6.07) is 6.50. The van der Waals surface area contributed by atoms with Gasteiger partial charge in [-0.2, -0.15) is 15.1 Å². The van der Waals surface area contributed by atoms with Crippen molar-refractivity contribution in [1.82, 2.24) is 24.6 Å². The maximum atomic E-state index is 5.62. The Kier molecular flexibility index (Phi) is 3.22. The number of nitrogens with zero attached hydrogens (tertiary/aromatic N) is 4. The normalized spacial score (nSPS) is 18.3. The maximum Gasteiger partial charge on any atom is 0.228 e. The molecule has 28 heavy (non-hydrogen) atoms. The molecule has 0 radical (unpaired) electrons. The van der Waals surface area contributed by atoms with Gasteiger partial charge in [0.05, 0.1) is 31.2 Å². The standard InChI is InChI=1S/C20H20N6O2/c1-27-18-16-15(12-3-5-26-14(6-12)2-4-22-26)9-21-17(16)24-19(25-18)23-13-7-20(8-13)10-28-11-20/h2-6,9,13H,7-8,10-11H2,1H3,(H2,21,23,24,25). The van der Waals surface area contributed by atoms with Crippen molar-refractivity contribution in [2.45, 2.75) is 18.9 Å². The lowest BCUT2D eigenvalue weighted by Crippen LogP contribution is -2.56. The monoisotopic (exact) mass is 376 g/mol. The number of aromatic nitrogens is 5. The summed E-state index contributed by atoms with van der Waals surface area (Å²) in [5.41, 5.74) is 4.27. The van der Waals surface area contributed by atoms with Gasteiger partial charge in [0.1, 0.15) is 5.65 Å². The minimum atomic E-state index is 0.393. The summed E-state index contributed by atoms with van der Waals surface area (Å²) < 4.78 is 12.8. The number of nitrogens with one attached hydrogen (secondary N) is 2. The van der Waals surface area contributed by atoms with Crippen molar-refractivity contribution in [1.29, 1.82) is 0 Å². The third kappa shape index (κ3) is 2.31. The fourth-order valence-electron chi connectivity index (χ4n) is 4.43. The second-order valence-electron chi connectivity index (χ2n) is 7.84. The van der Waals surface area contributed by atoms with Crippen LogP contribution in [0.4, 0.5) is 5.95 Å². The highest BCUT2D eigenvalue weighted by atomic mass is 16.5. The van der Waals surface area contributed by atoms with Gasteiger partial charge in [0.2, 0.25) is 11.8 Å². The van der Waals surface area contributed by atoms with Gasteiger partial charge in [0, 0.05) is 35.6 Å². The average Bonchev–Trinajstić information content (AvgIpc) is 3.28. The molecule has 0 unspecified atom stereocenters. The van der Waals surface area contributed by atoms with Crippen molar-refractivity contribution >= 4 is 22.5 Å². The van der Waals surface area contributed by atoms with E-state index < -0.39 is 0 Å². The summed E-state index contributed by atoms with van der Waals surface area (Å²) in [5.74, 6) is 1.17. The smallest absolute Gasteiger partial charge is 0.228 e. The first-order valence-electron chi connectivity index (χ1n) is 9.44. The van der Waals surface area contributed by atoms with E-state index in [2.05, 4.69) is 31.4 Å². The van der Waals surface area contributed by atoms with Gasteiger partial charge in [-0.15, -0.1) is 0 Å². The molecule has 2 aliphatic rings. The van der Waals surface area contributed by atoms with Crippen LogP contribution in [0.3, 0.4) is 0 Å². The number of ether oxygens (including phenoxy) is 2. The molecule has 0 amide bonds. The highest BCUT2D eigenvalue weighted by Crippen LogP contribution is 2.47. The van der Waals surface area contributed by atoms with E-state index in [4.69, 9.17) is 9.47 Å². The Hall–Kier alpha value is -3.13. The number of fused-ring (bicyclic) bond motifs is 2. The summed E-state index contributed by atoms with van der Waals surface area (Å²) in [5, 5.41) is 8.59. The van der Waals surface area contributed by atoms with E-state index in [1.54, 1.807) is 13.3 Å². The Labute approximate surface area is 160 Å². The molecule has 142 valence electrons. The first-order chi connectivity index (χ1) is 13.7. The van der Waals surface area contributed by atoms with Crippen LogP contribution in [0, 0.1) is 5.41 Å². The Morgan fingerprint density at radius 1 is 1.29 bits per heavy atom. The van der Waals surface area contributed by atoms with Crippen molar-refractivity contribution in [3.63, 3.8) is 0 Å². The molecule has 6 rings (SSSR count). The number of methoxy groups -OCH3 is 1. The third-order valence-corrected chi connectivity index (χ3v) is 5.91. The lowest BCUT2D eigenvalue weighted by atomic mass is 9.64. The van der Waals surface area contributed by atoms with Crippen LogP contribution < -0.4 is 10.1 Å². The number of anilines is 1. The van der Waals surface area contributed by atoms with Gasteiger partial charge in [-0.05, 0) is 36.6 Å². The zero-order valence-corrected chi connectivity index (χ0v) is 15.5. The highest BCUT2D eigenvalue weighted by Gasteiger charge is 2.50. The molecule has 1 aliphatic heterocycles. The second-order valence-corrected chi connectivity index (χ2v) is 7.84. The molecular weight excluding hydrogens is 356 g/mol. The van der Waals surface area contributed by atoms with E-state index >= 15 is 0 Å². The minimum Gasteiger partial charge on any atom is -0.480 e. The van der Waals surface area contributed by atoms with E-state index in [1.165, 1.54) is 0 Å². The first-order valence-corrected chi connectivity index (χ1v) is 9.44. The molecule has 1 aliphatic carbocycles. The SMILES string of the molecule is COc1nc(NC2CC3(COC3)C2)nc2[nH]cc(-c3ccn4nccc4c3)c12. The van der Waals surface area contributed by atoms with E-state index in [0.717, 1.165) is 53.7 Å². The summed E-state index contributed by atoms with van der Waals surface area (Å²) in [6.07, 6.45) is 7.91. The lowest BCUT2D eigenvalue weighted by Gasteiger charge is -2.53. The Bertz CT molecular complexity index is 1180. The number of H-pyrrole nitrogens is 1. The van der Waals surface area contributed by atoms with Crippen molar-refractivity contribution in [2.75, 3.05) is 25.6 Å². The molecule has 8 nitrogen and oxygen atoms in total. The molecule has 4 aromatic heterocycles. The Balaban J connectivity index is 1.36. The number of rotatable bonds is 4. The predicted molar refractivity (Wildman–Crippen MR) is 105 cm³/mol. The first kappa shape index (κ1) is 15.9. The van der Waals surface area contributed by atoms with Crippen molar-refractivity contribution in [2.24, 2.45) is 5.41 Å². The summed E-state index contributed by atoms with van der Waals surface area (Å²) in [7, 11) is 1.65. The molecule has 1 saturated carbocycles. The minimum absolute atomic E-state index is 0.393. The van der Waals surface area contributed by atoms with Gasteiger partial charge in [-0.3, -0.25) is 0 Å². The Morgan fingerprint density at radius 2 is 2.18 bits per heavy atom. The molecule has 0 atom stereocenters. The van der Waals surface area contributed by atoms with Crippen LogP contribution in [0.15, 0.2) is 36.8 Å². The predicted octanol–water partition coefficient (Wildman–Crippen LogP) is 2.87. The summed E-state index contributed by atoms with van der Waals surface area (Å²) in [6.45, 7) is 1.77. The van der Waals surface area contributed by atoms with E-state index in [0.29, 0.717) is 23.3 Å². The van der Waals surface area contributed by atoms with Gasteiger partial charge < -0.3 is 19.8 Å². The quantitative estimate of drug-likeness (QED) is 0.569. The molecule has 2 fully saturated rings. The fourth-order valence-corrected chi connectivity index (χ4v) is 4.43. The highest BCUT2D eigenvalue weighted by molar-refractivity contribution is 5.98. The zero-order chi connectivity index (χ0) is 18.7. The lowest BCUT2D eigenvalue weighted by molar-refractivity contribution is -0.160. The maximum absolute atomic E-state index is 5.62. The third-order valence-electron chi connectivity index (χ3n) is 5.91. The van der Waals surface area contributed by atoms with Gasteiger partial charge >= 0.3 is 0 Å². The van der Waals surface area contributed by atoms with Gasteiger partial charge in [-0.25, -0.2) is 4.52 Å².